The highest BCUT2D eigenvalue weighted by atomic mass is 16.2. The Morgan fingerprint density at radius 3 is 2.77 bits per heavy atom. The number of hydrogen-bond donors (Lipinski definition) is 2. The summed E-state index contributed by atoms with van der Waals surface area (Å²) in [6.07, 6.45) is 6.81. The van der Waals surface area contributed by atoms with Crippen LogP contribution in [0.1, 0.15) is 32.1 Å². The van der Waals surface area contributed by atoms with Crippen LogP contribution in [0.15, 0.2) is 24.3 Å². The number of anilines is 2. The molecule has 1 aliphatic carbocycles. The summed E-state index contributed by atoms with van der Waals surface area (Å²) in [4.78, 5) is 14.6. The molecule has 1 aromatic rings. The Kier molecular flexibility index (Phi) is 4.98. The molecule has 4 nitrogen and oxygen atoms in total. The third-order valence-electron chi connectivity index (χ3n) is 5.18. The molecule has 4 heteroatoms. The molecule has 120 valence electrons. The first-order valence-corrected chi connectivity index (χ1v) is 8.54. The first-order chi connectivity index (χ1) is 10.7. The number of carbonyl (C=O) groups is 1. The zero-order valence-corrected chi connectivity index (χ0v) is 13.5. The first-order valence-electron chi connectivity index (χ1n) is 8.54. The van der Waals surface area contributed by atoms with Crippen LogP contribution in [0.4, 0.5) is 11.4 Å². The van der Waals surface area contributed by atoms with Gasteiger partial charge in [-0.2, -0.15) is 0 Å². The number of nitrogens with zero attached hydrogens (tertiary/aromatic N) is 1. The van der Waals surface area contributed by atoms with Gasteiger partial charge in [-0.25, -0.2) is 0 Å². The van der Waals surface area contributed by atoms with Gasteiger partial charge in [0, 0.05) is 25.0 Å². The van der Waals surface area contributed by atoms with Gasteiger partial charge in [-0.3, -0.25) is 9.69 Å². The number of rotatable bonds is 4. The van der Waals surface area contributed by atoms with E-state index in [1.165, 1.54) is 32.1 Å². The minimum absolute atomic E-state index is 0.0995. The Labute approximate surface area is 133 Å². The number of nitrogens with one attached hydrogen (secondary N) is 2. The molecule has 1 amide bonds. The molecular weight excluding hydrogens is 274 g/mol. The Balaban J connectivity index is 1.51. The van der Waals surface area contributed by atoms with E-state index in [2.05, 4.69) is 15.5 Å². The molecule has 22 heavy (non-hydrogen) atoms. The van der Waals surface area contributed by atoms with Crippen molar-refractivity contribution in [3.05, 3.63) is 24.3 Å². The maximum atomic E-state index is 12.3. The first kappa shape index (κ1) is 15.3. The minimum atomic E-state index is 0.0995. The van der Waals surface area contributed by atoms with Crippen LogP contribution in [0.25, 0.3) is 0 Å². The molecule has 2 N–H and O–H groups in total. The lowest BCUT2D eigenvalue weighted by Crippen LogP contribution is -2.44. The SMILES string of the molecule is CNc1cccc(NC(=O)CN2CC[C@@H]3CCCC[C@@H]3C2)c1. The lowest BCUT2D eigenvalue weighted by Gasteiger charge is -2.41. The lowest BCUT2D eigenvalue weighted by atomic mass is 9.75. The van der Waals surface area contributed by atoms with Crippen molar-refractivity contribution in [3.63, 3.8) is 0 Å². The van der Waals surface area contributed by atoms with Gasteiger partial charge < -0.3 is 10.6 Å². The van der Waals surface area contributed by atoms with E-state index in [1.807, 2.05) is 31.3 Å². The third-order valence-corrected chi connectivity index (χ3v) is 5.18. The van der Waals surface area contributed by atoms with Crippen molar-refractivity contribution >= 4 is 17.3 Å². The largest absolute Gasteiger partial charge is 0.388 e. The number of carbonyl (C=O) groups excluding carboxylic acids is 1. The fourth-order valence-corrected chi connectivity index (χ4v) is 3.98. The summed E-state index contributed by atoms with van der Waals surface area (Å²) < 4.78 is 0. The van der Waals surface area contributed by atoms with E-state index in [9.17, 15) is 4.79 Å². The summed E-state index contributed by atoms with van der Waals surface area (Å²) in [5.41, 5.74) is 1.88. The Morgan fingerprint density at radius 2 is 1.95 bits per heavy atom. The number of hydrogen-bond acceptors (Lipinski definition) is 3. The molecule has 0 unspecified atom stereocenters. The predicted octanol–water partition coefficient (Wildman–Crippen LogP) is 3.18. The van der Waals surface area contributed by atoms with Crippen LogP contribution >= 0.6 is 0 Å². The van der Waals surface area contributed by atoms with E-state index < -0.39 is 0 Å². The highest BCUT2D eigenvalue weighted by Gasteiger charge is 2.31. The van der Waals surface area contributed by atoms with E-state index in [1.54, 1.807) is 0 Å². The van der Waals surface area contributed by atoms with Crippen molar-refractivity contribution < 1.29 is 4.79 Å². The van der Waals surface area contributed by atoms with Crippen LogP contribution < -0.4 is 10.6 Å². The van der Waals surface area contributed by atoms with Gasteiger partial charge in [0.15, 0.2) is 0 Å². The molecule has 2 aliphatic rings. The summed E-state index contributed by atoms with van der Waals surface area (Å²) in [5.74, 6) is 1.84. The molecule has 0 aromatic heterocycles. The normalized spacial score (nSPS) is 25.3. The standard InChI is InChI=1S/C18H27N3O/c1-19-16-7-4-8-17(11-16)20-18(22)13-21-10-9-14-5-2-3-6-15(14)12-21/h4,7-8,11,14-15,19H,2-3,5-6,9-10,12-13H2,1H3,(H,20,22)/t14-,15+/m0/s1. The second-order valence-corrected chi connectivity index (χ2v) is 6.71. The lowest BCUT2D eigenvalue weighted by molar-refractivity contribution is -0.118. The molecule has 0 radical (unpaired) electrons. The molecular formula is C18H27N3O. The van der Waals surface area contributed by atoms with Gasteiger partial charge in [0.1, 0.15) is 0 Å². The highest BCUT2D eigenvalue weighted by Crippen LogP contribution is 2.35. The quantitative estimate of drug-likeness (QED) is 0.898. The van der Waals surface area contributed by atoms with Crippen LogP contribution in [0, 0.1) is 11.8 Å². The molecule has 1 saturated heterocycles. The molecule has 1 aromatic carbocycles. The second-order valence-electron chi connectivity index (χ2n) is 6.71. The van der Waals surface area contributed by atoms with Crippen LogP contribution in [0.2, 0.25) is 0 Å². The van der Waals surface area contributed by atoms with E-state index in [0.717, 1.165) is 36.3 Å². The van der Waals surface area contributed by atoms with Gasteiger partial charge in [-0.15, -0.1) is 0 Å². The number of benzene rings is 1. The van der Waals surface area contributed by atoms with Gasteiger partial charge in [0.05, 0.1) is 6.54 Å². The van der Waals surface area contributed by atoms with Crippen LogP contribution in [-0.4, -0.2) is 37.5 Å². The van der Waals surface area contributed by atoms with E-state index in [4.69, 9.17) is 0 Å². The average molecular weight is 301 g/mol. The molecule has 0 bridgehead atoms. The van der Waals surface area contributed by atoms with E-state index >= 15 is 0 Å². The molecule has 0 spiro atoms. The van der Waals surface area contributed by atoms with Crippen molar-refractivity contribution in [2.24, 2.45) is 11.8 Å². The molecule has 1 heterocycles. The monoisotopic (exact) mass is 301 g/mol. The van der Waals surface area contributed by atoms with Gasteiger partial charge in [0.25, 0.3) is 0 Å². The molecule has 3 rings (SSSR count). The Hall–Kier alpha value is -1.55. The zero-order valence-electron chi connectivity index (χ0n) is 13.5. The maximum absolute atomic E-state index is 12.3. The number of piperidine rings is 1. The molecule has 1 aliphatic heterocycles. The Bertz CT molecular complexity index is 517. The van der Waals surface area contributed by atoms with Crippen molar-refractivity contribution in [2.75, 3.05) is 37.3 Å². The molecule has 2 fully saturated rings. The highest BCUT2D eigenvalue weighted by molar-refractivity contribution is 5.92. The zero-order chi connectivity index (χ0) is 15.4. The number of amides is 1. The smallest absolute Gasteiger partial charge is 0.238 e. The molecule has 2 atom stereocenters. The summed E-state index contributed by atoms with van der Waals surface area (Å²) in [6.45, 7) is 2.70. The van der Waals surface area contributed by atoms with Crippen LogP contribution in [-0.2, 0) is 4.79 Å². The fourth-order valence-electron chi connectivity index (χ4n) is 3.98. The second kappa shape index (κ2) is 7.14. The van der Waals surface area contributed by atoms with Gasteiger partial charge in [-0.1, -0.05) is 25.3 Å². The van der Waals surface area contributed by atoms with Gasteiger partial charge >= 0.3 is 0 Å². The summed E-state index contributed by atoms with van der Waals surface area (Å²) in [7, 11) is 1.88. The summed E-state index contributed by atoms with van der Waals surface area (Å²) in [6, 6.07) is 7.84. The van der Waals surface area contributed by atoms with E-state index in [-0.39, 0.29) is 5.91 Å². The van der Waals surface area contributed by atoms with Crippen molar-refractivity contribution in [3.8, 4) is 0 Å². The topological polar surface area (TPSA) is 44.4 Å². The third kappa shape index (κ3) is 3.80. The maximum Gasteiger partial charge on any atom is 0.238 e. The summed E-state index contributed by atoms with van der Waals surface area (Å²) >= 11 is 0. The van der Waals surface area contributed by atoms with Crippen molar-refractivity contribution in [1.29, 1.82) is 0 Å². The van der Waals surface area contributed by atoms with Crippen molar-refractivity contribution in [1.82, 2.24) is 4.90 Å². The Morgan fingerprint density at radius 1 is 1.18 bits per heavy atom. The minimum Gasteiger partial charge on any atom is -0.388 e. The van der Waals surface area contributed by atoms with Gasteiger partial charge in [0.2, 0.25) is 5.91 Å². The van der Waals surface area contributed by atoms with Gasteiger partial charge in [-0.05, 0) is 49.4 Å². The number of likely N-dealkylation sites (tertiary alicyclic amines) is 1. The number of fused-ring (bicyclic) bond motifs is 1. The average Bonchev–Trinajstić information content (AvgIpc) is 2.55. The van der Waals surface area contributed by atoms with Crippen LogP contribution in [0.3, 0.4) is 0 Å². The fraction of sp³-hybridized carbons (Fsp3) is 0.611. The predicted molar refractivity (Wildman–Crippen MR) is 91.1 cm³/mol. The summed E-state index contributed by atoms with van der Waals surface area (Å²) in [5, 5.41) is 6.11. The van der Waals surface area contributed by atoms with Crippen LogP contribution in [0.5, 0.6) is 0 Å². The molecule has 1 saturated carbocycles. The van der Waals surface area contributed by atoms with E-state index in [0.29, 0.717) is 6.54 Å². The van der Waals surface area contributed by atoms with Crippen molar-refractivity contribution in [2.45, 2.75) is 32.1 Å².